The number of esters is 1. The second-order valence-corrected chi connectivity index (χ2v) is 4.98. The third-order valence-electron chi connectivity index (χ3n) is 3.53. The van der Waals surface area contributed by atoms with Crippen LogP contribution in [0.2, 0.25) is 0 Å². The lowest BCUT2D eigenvalue weighted by atomic mass is 9.97. The highest BCUT2D eigenvalue weighted by atomic mass is 16.5. The summed E-state index contributed by atoms with van der Waals surface area (Å²) in [6.45, 7) is -0.553. The Morgan fingerprint density at radius 2 is 1.79 bits per heavy atom. The van der Waals surface area contributed by atoms with Crippen LogP contribution in [0.1, 0.15) is 10.4 Å². The number of rotatable bonds is 6. The molecule has 2 rings (SSSR count). The summed E-state index contributed by atoms with van der Waals surface area (Å²) in [5.41, 5.74) is 1.75. The number of amides is 1. The van der Waals surface area contributed by atoms with Crippen LogP contribution in [-0.2, 0) is 9.53 Å². The van der Waals surface area contributed by atoms with Gasteiger partial charge in [-0.15, -0.1) is 0 Å². The number of methoxy groups -OCH3 is 2. The third kappa shape index (κ3) is 3.72. The van der Waals surface area contributed by atoms with Crippen molar-refractivity contribution in [3.05, 3.63) is 54.1 Å². The number of benzene rings is 2. The minimum atomic E-state index is -1.13. The molecule has 0 saturated carbocycles. The maximum absolute atomic E-state index is 12.6. The average Bonchev–Trinajstić information content (AvgIpc) is 2.65. The number of hydrogen-bond donors (Lipinski definition) is 2. The Morgan fingerprint density at radius 1 is 1.08 bits per heavy atom. The molecule has 0 saturated heterocycles. The molecule has 2 aromatic rings. The number of hydrogen-bond acceptors (Lipinski definition) is 5. The van der Waals surface area contributed by atoms with Gasteiger partial charge in [-0.25, -0.2) is 4.79 Å². The molecule has 2 aromatic carbocycles. The van der Waals surface area contributed by atoms with Crippen LogP contribution in [0.3, 0.4) is 0 Å². The van der Waals surface area contributed by atoms with Crippen LogP contribution < -0.4 is 10.1 Å². The summed E-state index contributed by atoms with van der Waals surface area (Å²) < 4.78 is 9.93. The summed E-state index contributed by atoms with van der Waals surface area (Å²) in [7, 11) is 2.71. The Kier molecular flexibility index (Phi) is 5.92. The Bertz CT molecular complexity index is 715. The summed E-state index contributed by atoms with van der Waals surface area (Å²) in [5.74, 6) is -0.681. The molecule has 0 unspecified atom stereocenters. The fourth-order valence-electron chi connectivity index (χ4n) is 2.35. The van der Waals surface area contributed by atoms with Gasteiger partial charge in [0, 0.05) is 5.56 Å². The van der Waals surface area contributed by atoms with Gasteiger partial charge in [-0.1, -0.05) is 36.4 Å². The monoisotopic (exact) mass is 329 g/mol. The maximum Gasteiger partial charge on any atom is 0.330 e. The van der Waals surface area contributed by atoms with E-state index in [2.05, 4.69) is 10.1 Å². The van der Waals surface area contributed by atoms with Gasteiger partial charge in [0.1, 0.15) is 5.75 Å². The van der Waals surface area contributed by atoms with Crippen LogP contribution >= 0.6 is 0 Å². The van der Waals surface area contributed by atoms with E-state index in [0.29, 0.717) is 16.9 Å². The summed E-state index contributed by atoms with van der Waals surface area (Å²) in [4.78, 5) is 24.2. The second-order valence-electron chi connectivity index (χ2n) is 4.98. The quantitative estimate of drug-likeness (QED) is 0.787. The van der Waals surface area contributed by atoms with Crippen molar-refractivity contribution >= 4 is 11.9 Å². The molecule has 2 N–H and O–H groups in total. The molecule has 0 aromatic heterocycles. The Morgan fingerprint density at radius 3 is 2.38 bits per heavy atom. The van der Waals surface area contributed by atoms with Crippen LogP contribution in [0.25, 0.3) is 11.1 Å². The molecule has 0 fully saturated rings. The highest BCUT2D eigenvalue weighted by Gasteiger charge is 2.24. The summed E-state index contributed by atoms with van der Waals surface area (Å²) in [5, 5.41) is 11.7. The van der Waals surface area contributed by atoms with Crippen LogP contribution in [0, 0.1) is 0 Å². The van der Waals surface area contributed by atoms with E-state index in [1.165, 1.54) is 14.2 Å². The molecule has 24 heavy (non-hydrogen) atoms. The smallest absolute Gasteiger partial charge is 0.330 e. The first-order valence-corrected chi connectivity index (χ1v) is 7.34. The van der Waals surface area contributed by atoms with Crippen molar-refractivity contribution in [1.82, 2.24) is 5.32 Å². The zero-order valence-corrected chi connectivity index (χ0v) is 13.5. The highest BCUT2D eigenvalue weighted by molar-refractivity contribution is 6.03. The van der Waals surface area contributed by atoms with Crippen molar-refractivity contribution in [3.63, 3.8) is 0 Å². The first-order chi connectivity index (χ1) is 11.6. The number of ether oxygens (including phenoxy) is 2. The van der Waals surface area contributed by atoms with E-state index in [9.17, 15) is 14.7 Å². The molecule has 0 aliphatic carbocycles. The van der Waals surface area contributed by atoms with Crippen LogP contribution in [0.5, 0.6) is 5.75 Å². The fraction of sp³-hybridized carbons (Fsp3) is 0.222. The molecule has 0 heterocycles. The third-order valence-corrected chi connectivity index (χ3v) is 3.53. The molecule has 1 amide bonds. The molecule has 6 heteroatoms. The van der Waals surface area contributed by atoms with E-state index in [0.717, 1.165) is 5.56 Å². The van der Waals surface area contributed by atoms with Gasteiger partial charge in [0.2, 0.25) is 0 Å². The molecule has 126 valence electrons. The zero-order chi connectivity index (χ0) is 17.5. The Hall–Kier alpha value is -2.86. The number of carbonyl (C=O) groups is 2. The number of carbonyl (C=O) groups excluding carboxylic acids is 2. The molecule has 0 aliphatic heterocycles. The minimum Gasteiger partial charge on any atom is -0.496 e. The van der Waals surface area contributed by atoms with E-state index in [1.54, 1.807) is 18.2 Å². The van der Waals surface area contributed by atoms with Gasteiger partial charge in [-0.2, -0.15) is 0 Å². The molecular weight excluding hydrogens is 310 g/mol. The zero-order valence-electron chi connectivity index (χ0n) is 13.5. The van der Waals surface area contributed by atoms with Crippen molar-refractivity contribution in [1.29, 1.82) is 0 Å². The summed E-state index contributed by atoms with van der Waals surface area (Å²) in [6.07, 6.45) is 0. The molecule has 6 nitrogen and oxygen atoms in total. The van der Waals surface area contributed by atoms with Gasteiger partial charge in [0.05, 0.1) is 26.4 Å². The Balaban J connectivity index is 2.43. The lowest BCUT2D eigenvalue weighted by Gasteiger charge is -2.17. The first kappa shape index (κ1) is 17.5. The Labute approximate surface area is 140 Å². The van der Waals surface area contributed by atoms with Gasteiger partial charge in [-0.05, 0) is 17.7 Å². The SMILES string of the molecule is COC(=O)[C@H](CO)NC(=O)c1cccc(OC)c1-c1ccccc1. The topological polar surface area (TPSA) is 84.9 Å². The van der Waals surface area contributed by atoms with Crippen molar-refractivity contribution in [3.8, 4) is 16.9 Å². The van der Waals surface area contributed by atoms with Crippen molar-refractivity contribution in [2.45, 2.75) is 6.04 Å². The van der Waals surface area contributed by atoms with Crippen molar-refractivity contribution < 1.29 is 24.2 Å². The highest BCUT2D eigenvalue weighted by Crippen LogP contribution is 2.33. The maximum atomic E-state index is 12.6. The van der Waals surface area contributed by atoms with Gasteiger partial charge < -0.3 is 19.9 Å². The van der Waals surface area contributed by atoms with Crippen molar-refractivity contribution in [2.75, 3.05) is 20.8 Å². The lowest BCUT2D eigenvalue weighted by Crippen LogP contribution is -2.44. The van der Waals surface area contributed by atoms with Crippen LogP contribution in [0.4, 0.5) is 0 Å². The average molecular weight is 329 g/mol. The van der Waals surface area contributed by atoms with E-state index < -0.39 is 24.5 Å². The molecule has 0 aliphatic rings. The number of aliphatic hydroxyl groups excluding tert-OH is 1. The van der Waals surface area contributed by atoms with Gasteiger partial charge in [-0.3, -0.25) is 4.79 Å². The lowest BCUT2D eigenvalue weighted by molar-refractivity contribution is -0.143. The van der Waals surface area contributed by atoms with Gasteiger partial charge in [0.25, 0.3) is 5.91 Å². The predicted octanol–water partition coefficient (Wildman–Crippen LogP) is 1.63. The molecule has 1 atom stereocenters. The van der Waals surface area contributed by atoms with Gasteiger partial charge in [0.15, 0.2) is 6.04 Å². The minimum absolute atomic E-state index is 0.336. The molecule has 0 spiro atoms. The van der Waals surface area contributed by atoms with Crippen LogP contribution in [0.15, 0.2) is 48.5 Å². The van der Waals surface area contributed by atoms with E-state index in [4.69, 9.17) is 4.74 Å². The number of nitrogens with one attached hydrogen (secondary N) is 1. The fourth-order valence-corrected chi connectivity index (χ4v) is 2.35. The summed E-state index contributed by atoms with van der Waals surface area (Å²) >= 11 is 0. The normalized spacial score (nSPS) is 11.5. The summed E-state index contributed by atoms with van der Waals surface area (Å²) in [6, 6.07) is 13.2. The van der Waals surface area contributed by atoms with E-state index >= 15 is 0 Å². The predicted molar refractivity (Wildman–Crippen MR) is 88.8 cm³/mol. The van der Waals surface area contributed by atoms with Crippen LogP contribution in [-0.4, -0.2) is 43.9 Å². The second kappa shape index (κ2) is 8.12. The van der Waals surface area contributed by atoms with Crippen molar-refractivity contribution in [2.24, 2.45) is 0 Å². The molecular formula is C18H19NO5. The first-order valence-electron chi connectivity index (χ1n) is 7.34. The van der Waals surface area contributed by atoms with E-state index in [1.807, 2.05) is 30.3 Å². The van der Waals surface area contributed by atoms with Gasteiger partial charge >= 0.3 is 5.97 Å². The molecule has 0 bridgehead atoms. The standard InChI is InChI=1S/C18H19NO5/c1-23-15-10-6-9-13(16(15)12-7-4-3-5-8-12)17(21)19-14(11-20)18(22)24-2/h3-10,14,20H,11H2,1-2H3,(H,19,21)/t14-/m0/s1. The van der Waals surface area contributed by atoms with E-state index in [-0.39, 0.29) is 0 Å². The largest absolute Gasteiger partial charge is 0.496 e. The molecule has 0 radical (unpaired) electrons. The number of aliphatic hydroxyl groups is 1.